The van der Waals surface area contributed by atoms with Crippen LogP contribution in [0.4, 0.5) is 0 Å². The van der Waals surface area contributed by atoms with E-state index in [4.69, 9.17) is 4.43 Å². The minimum atomic E-state index is -1.74. The first-order valence-corrected chi connectivity index (χ1v) is 10.4. The first-order valence-electron chi connectivity index (χ1n) is 8.27. The van der Waals surface area contributed by atoms with Gasteiger partial charge in [-0.05, 0) is 34.9 Å². The number of hydrogen-bond acceptors (Lipinski definition) is 2. The molecule has 0 unspecified atom stereocenters. The minimum absolute atomic E-state index is 0.526. The zero-order valence-corrected chi connectivity index (χ0v) is 15.9. The van der Waals surface area contributed by atoms with Crippen LogP contribution in [0.5, 0.6) is 0 Å². The molecule has 0 saturated carbocycles. The highest BCUT2D eigenvalue weighted by atomic mass is 28.4. The van der Waals surface area contributed by atoms with Crippen molar-refractivity contribution in [2.75, 3.05) is 6.61 Å². The van der Waals surface area contributed by atoms with Gasteiger partial charge in [0, 0.05) is 13.0 Å². The summed E-state index contributed by atoms with van der Waals surface area (Å²) >= 11 is 0. The maximum Gasteiger partial charge on any atom is 0.200 e. The first kappa shape index (κ1) is 19.8. The highest BCUT2D eigenvalue weighted by molar-refractivity contribution is 6.77. The zero-order chi connectivity index (χ0) is 15.9. The van der Waals surface area contributed by atoms with Crippen molar-refractivity contribution in [1.82, 2.24) is 0 Å². The van der Waals surface area contributed by atoms with E-state index in [-0.39, 0.29) is 0 Å². The van der Waals surface area contributed by atoms with Gasteiger partial charge in [-0.15, -0.1) is 0 Å². The lowest BCUT2D eigenvalue weighted by molar-refractivity contribution is -0.108. The Bertz CT molecular complexity index is 252. The lowest BCUT2D eigenvalue weighted by Crippen LogP contribution is -2.48. The second-order valence-corrected chi connectivity index (χ2v) is 12.8. The summed E-state index contributed by atoms with van der Waals surface area (Å²) in [6, 6.07) is 0. The average Bonchev–Trinajstić information content (AvgIpc) is 2.34. The normalized spacial score (nSPS) is 15.9. The molecule has 0 heterocycles. The first-order chi connectivity index (χ1) is 9.20. The number of carbonyl (C=O) groups excluding carboxylic acids is 1. The van der Waals surface area contributed by atoms with Gasteiger partial charge in [-0.2, -0.15) is 0 Å². The Balaban J connectivity index is 4.73. The van der Waals surface area contributed by atoms with Gasteiger partial charge in [0.15, 0.2) is 8.32 Å². The molecule has 0 radical (unpaired) electrons. The molecule has 0 aromatic carbocycles. The molecule has 0 rings (SSSR count). The molecule has 0 amide bonds. The molecule has 0 N–H and O–H groups in total. The summed E-state index contributed by atoms with van der Waals surface area (Å²) < 4.78 is 6.63. The number of aldehydes is 1. The van der Waals surface area contributed by atoms with Gasteiger partial charge >= 0.3 is 0 Å². The Labute approximate surface area is 127 Å². The smallest absolute Gasteiger partial charge is 0.200 e. The predicted molar refractivity (Wildman–Crippen MR) is 90.6 cm³/mol. The quantitative estimate of drug-likeness (QED) is 0.397. The fraction of sp³-hybridized carbons (Fsp3) is 0.941. The van der Waals surface area contributed by atoms with Crippen molar-refractivity contribution in [3.8, 4) is 0 Å². The zero-order valence-electron chi connectivity index (χ0n) is 14.9. The van der Waals surface area contributed by atoms with Gasteiger partial charge in [0.1, 0.15) is 6.29 Å². The van der Waals surface area contributed by atoms with E-state index in [1.807, 2.05) is 0 Å². The van der Waals surface area contributed by atoms with Gasteiger partial charge in [0.25, 0.3) is 0 Å². The number of rotatable bonds is 10. The summed E-state index contributed by atoms with van der Waals surface area (Å²) in [4.78, 5) is 10.5. The maximum atomic E-state index is 10.5. The van der Waals surface area contributed by atoms with E-state index < -0.39 is 8.32 Å². The van der Waals surface area contributed by atoms with Crippen molar-refractivity contribution in [3.05, 3.63) is 0 Å². The molecule has 0 fully saturated rings. The van der Waals surface area contributed by atoms with Crippen molar-refractivity contribution in [3.63, 3.8) is 0 Å². The SMILES string of the molecule is CC(C)[Si](OC[C@@H](C)[C@H](C)CCC=O)(C(C)C)C(C)C. The molecule has 120 valence electrons. The minimum Gasteiger partial charge on any atom is -0.416 e. The molecule has 0 aliphatic heterocycles. The third kappa shape index (κ3) is 4.99. The molecular formula is C17H36O2Si. The van der Waals surface area contributed by atoms with Crippen LogP contribution < -0.4 is 0 Å². The number of carbonyl (C=O) groups is 1. The van der Waals surface area contributed by atoms with Gasteiger partial charge in [-0.3, -0.25) is 0 Å². The van der Waals surface area contributed by atoms with Crippen LogP contribution in [0.2, 0.25) is 16.6 Å². The highest BCUT2D eigenvalue weighted by Gasteiger charge is 2.45. The Morgan fingerprint density at radius 1 is 0.850 bits per heavy atom. The van der Waals surface area contributed by atoms with Crippen LogP contribution >= 0.6 is 0 Å². The Kier molecular flexibility index (Phi) is 8.92. The molecule has 0 aliphatic rings. The molecule has 0 aliphatic carbocycles. The Morgan fingerprint density at radius 3 is 1.65 bits per heavy atom. The maximum absolute atomic E-state index is 10.5. The van der Waals surface area contributed by atoms with E-state index in [0.717, 1.165) is 19.3 Å². The van der Waals surface area contributed by atoms with E-state index in [1.54, 1.807) is 0 Å². The van der Waals surface area contributed by atoms with Crippen molar-refractivity contribution in [2.24, 2.45) is 11.8 Å². The van der Waals surface area contributed by atoms with Gasteiger partial charge < -0.3 is 9.22 Å². The molecule has 2 nitrogen and oxygen atoms in total. The fourth-order valence-corrected chi connectivity index (χ4v) is 9.11. The van der Waals surface area contributed by atoms with E-state index in [2.05, 4.69) is 55.4 Å². The van der Waals surface area contributed by atoms with Crippen LogP contribution in [-0.4, -0.2) is 21.2 Å². The average molecular weight is 301 g/mol. The van der Waals surface area contributed by atoms with E-state index in [0.29, 0.717) is 34.9 Å². The van der Waals surface area contributed by atoms with Crippen LogP contribution in [0.1, 0.15) is 68.2 Å². The summed E-state index contributed by atoms with van der Waals surface area (Å²) in [6.45, 7) is 19.3. The standard InChI is InChI=1S/C17H36O2Si/c1-13(2)20(14(3)4,15(5)6)19-12-17(8)16(7)10-9-11-18/h11,13-17H,9-10,12H2,1-8H3/t16-,17-/m1/s1. The van der Waals surface area contributed by atoms with Crippen LogP contribution in [0.3, 0.4) is 0 Å². The van der Waals surface area contributed by atoms with Crippen LogP contribution in [0.15, 0.2) is 0 Å². The van der Waals surface area contributed by atoms with Crippen LogP contribution in [0, 0.1) is 11.8 Å². The second-order valence-electron chi connectivity index (χ2n) is 7.33. The van der Waals surface area contributed by atoms with Crippen molar-refractivity contribution < 1.29 is 9.22 Å². The van der Waals surface area contributed by atoms with Crippen molar-refractivity contribution in [1.29, 1.82) is 0 Å². The molecule has 0 aromatic heterocycles. The lowest BCUT2D eigenvalue weighted by atomic mass is 9.93. The molecule has 20 heavy (non-hydrogen) atoms. The van der Waals surface area contributed by atoms with Crippen molar-refractivity contribution >= 4 is 14.6 Å². The van der Waals surface area contributed by atoms with Gasteiger partial charge in [0.05, 0.1) is 0 Å². The predicted octanol–water partition coefficient (Wildman–Crippen LogP) is 5.43. The molecule has 3 heteroatoms. The Morgan fingerprint density at radius 2 is 1.30 bits per heavy atom. The summed E-state index contributed by atoms with van der Waals surface area (Å²) in [5, 5.41) is 0. The molecule has 0 aromatic rings. The summed E-state index contributed by atoms with van der Waals surface area (Å²) in [5.74, 6) is 1.08. The molecular weight excluding hydrogens is 264 g/mol. The fourth-order valence-electron chi connectivity index (χ4n) is 3.56. The summed E-state index contributed by atoms with van der Waals surface area (Å²) in [6.07, 6.45) is 2.68. The van der Waals surface area contributed by atoms with Crippen LogP contribution in [-0.2, 0) is 9.22 Å². The van der Waals surface area contributed by atoms with Gasteiger partial charge in [-0.25, -0.2) is 0 Å². The highest BCUT2D eigenvalue weighted by Crippen LogP contribution is 2.42. The van der Waals surface area contributed by atoms with Crippen LogP contribution in [0.25, 0.3) is 0 Å². The summed E-state index contributed by atoms with van der Waals surface area (Å²) in [7, 11) is -1.74. The third-order valence-electron chi connectivity index (χ3n) is 5.01. The largest absolute Gasteiger partial charge is 0.416 e. The monoisotopic (exact) mass is 300 g/mol. The van der Waals surface area contributed by atoms with Gasteiger partial charge in [-0.1, -0.05) is 55.4 Å². The van der Waals surface area contributed by atoms with Gasteiger partial charge in [0.2, 0.25) is 0 Å². The van der Waals surface area contributed by atoms with E-state index >= 15 is 0 Å². The summed E-state index contributed by atoms with van der Waals surface area (Å²) in [5.41, 5.74) is 1.92. The Hall–Kier alpha value is -0.153. The van der Waals surface area contributed by atoms with E-state index in [1.165, 1.54) is 0 Å². The topological polar surface area (TPSA) is 26.3 Å². The second kappa shape index (κ2) is 8.99. The molecule has 2 atom stereocenters. The third-order valence-corrected chi connectivity index (χ3v) is 11.1. The van der Waals surface area contributed by atoms with E-state index in [9.17, 15) is 4.79 Å². The molecule has 0 spiro atoms. The molecule has 0 bridgehead atoms. The lowest BCUT2D eigenvalue weighted by Gasteiger charge is -2.43. The van der Waals surface area contributed by atoms with Crippen molar-refractivity contribution in [2.45, 2.75) is 84.9 Å². The number of hydrogen-bond donors (Lipinski definition) is 0. The molecule has 0 saturated heterocycles.